The van der Waals surface area contributed by atoms with Crippen LogP contribution in [0.1, 0.15) is 24.5 Å². The predicted octanol–water partition coefficient (Wildman–Crippen LogP) is 5.25. The maximum absolute atomic E-state index is 2.26. The summed E-state index contributed by atoms with van der Waals surface area (Å²) in [6.45, 7) is 4.49. The summed E-state index contributed by atoms with van der Waals surface area (Å²) < 4.78 is 0. The van der Waals surface area contributed by atoms with E-state index >= 15 is 0 Å². The fraction of sp³-hybridized carbons (Fsp3) is 0.222. The van der Waals surface area contributed by atoms with E-state index in [0.29, 0.717) is 0 Å². The van der Waals surface area contributed by atoms with Gasteiger partial charge in [0.2, 0.25) is 0 Å². The minimum atomic E-state index is 1.15. The molecule has 0 aromatic heterocycles. The highest BCUT2D eigenvalue weighted by Crippen LogP contribution is 2.32. The van der Waals surface area contributed by atoms with Crippen molar-refractivity contribution in [2.75, 3.05) is 0 Å². The zero-order chi connectivity index (χ0) is 12.5. The molecule has 90 valence electrons. The van der Waals surface area contributed by atoms with Crippen LogP contribution in [0, 0.1) is 6.92 Å². The molecule has 0 spiro atoms. The molecule has 0 N–H and O–H groups in total. The standard InChI is InChI=1S/C18H18/c1-3-8-16-17-11-6-4-9-14(17)13(2)15-10-5-7-12-18(15)16/h4-7,9-12H,3,8H2,1-2H3. The number of hydrogen-bond acceptors (Lipinski definition) is 0. The van der Waals surface area contributed by atoms with E-state index in [2.05, 4.69) is 62.4 Å². The Morgan fingerprint density at radius 1 is 0.722 bits per heavy atom. The first-order valence-corrected chi connectivity index (χ1v) is 6.72. The van der Waals surface area contributed by atoms with Crippen LogP contribution in [-0.4, -0.2) is 0 Å². The number of rotatable bonds is 2. The van der Waals surface area contributed by atoms with Gasteiger partial charge < -0.3 is 0 Å². The topological polar surface area (TPSA) is 0 Å². The van der Waals surface area contributed by atoms with E-state index in [1.807, 2.05) is 0 Å². The van der Waals surface area contributed by atoms with Crippen molar-refractivity contribution < 1.29 is 0 Å². The minimum Gasteiger partial charge on any atom is -0.0651 e. The Bertz CT molecular complexity index is 651. The van der Waals surface area contributed by atoms with E-state index in [0.717, 1.165) is 6.42 Å². The third-order valence-electron chi connectivity index (χ3n) is 3.81. The Balaban J connectivity index is 2.54. The number of hydrogen-bond donors (Lipinski definition) is 0. The first-order chi connectivity index (χ1) is 8.83. The van der Waals surface area contributed by atoms with Crippen LogP contribution in [0.25, 0.3) is 21.5 Å². The highest BCUT2D eigenvalue weighted by molar-refractivity contribution is 6.05. The quantitative estimate of drug-likeness (QED) is 0.531. The van der Waals surface area contributed by atoms with Crippen LogP contribution in [-0.2, 0) is 6.42 Å². The summed E-state index contributed by atoms with van der Waals surface area (Å²) in [5.41, 5.74) is 2.91. The van der Waals surface area contributed by atoms with Crippen LogP contribution in [0.15, 0.2) is 48.5 Å². The van der Waals surface area contributed by atoms with Gasteiger partial charge in [-0.05, 0) is 46.0 Å². The second kappa shape index (κ2) is 4.45. The van der Waals surface area contributed by atoms with Crippen molar-refractivity contribution in [1.82, 2.24) is 0 Å². The van der Waals surface area contributed by atoms with Gasteiger partial charge in [0, 0.05) is 0 Å². The second-order valence-electron chi connectivity index (χ2n) is 4.94. The maximum atomic E-state index is 2.26. The van der Waals surface area contributed by atoms with Crippen molar-refractivity contribution in [3.8, 4) is 0 Å². The fourth-order valence-corrected chi connectivity index (χ4v) is 2.96. The smallest absolute Gasteiger partial charge is 0.0143 e. The molecule has 0 aliphatic rings. The van der Waals surface area contributed by atoms with Crippen LogP contribution < -0.4 is 0 Å². The van der Waals surface area contributed by atoms with Gasteiger partial charge in [-0.15, -0.1) is 0 Å². The molecule has 0 bridgehead atoms. The van der Waals surface area contributed by atoms with Gasteiger partial charge in [0.05, 0.1) is 0 Å². The van der Waals surface area contributed by atoms with Crippen LogP contribution in [0.5, 0.6) is 0 Å². The van der Waals surface area contributed by atoms with Crippen molar-refractivity contribution in [1.29, 1.82) is 0 Å². The van der Waals surface area contributed by atoms with Gasteiger partial charge in [-0.1, -0.05) is 61.9 Å². The van der Waals surface area contributed by atoms with Crippen molar-refractivity contribution in [2.45, 2.75) is 26.7 Å². The van der Waals surface area contributed by atoms with Gasteiger partial charge in [-0.3, -0.25) is 0 Å². The molecule has 3 aromatic carbocycles. The molecule has 0 amide bonds. The summed E-state index contributed by atoms with van der Waals surface area (Å²) in [6.07, 6.45) is 2.35. The Labute approximate surface area is 108 Å². The van der Waals surface area contributed by atoms with E-state index in [1.54, 1.807) is 0 Å². The molecule has 0 saturated heterocycles. The minimum absolute atomic E-state index is 1.15. The molecular formula is C18H18. The van der Waals surface area contributed by atoms with Crippen molar-refractivity contribution in [2.24, 2.45) is 0 Å². The molecule has 0 nitrogen and oxygen atoms in total. The molecule has 0 heteroatoms. The van der Waals surface area contributed by atoms with Gasteiger partial charge >= 0.3 is 0 Å². The first kappa shape index (κ1) is 11.3. The SMILES string of the molecule is CCCc1c2ccccc2c(C)c2ccccc12. The van der Waals surface area contributed by atoms with Gasteiger partial charge in [-0.25, -0.2) is 0 Å². The van der Waals surface area contributed by atoms with Crippen LogP contribution >= 0.6 is 0 Å². The molecule has 3 aromatic rings. The monoisotopic (exact) mass is 234 g/mol. The van der Waals surface area contributed by atoms with Gasteiger partial charge in [0.25, 0.3) is 0 Å². The van der Waals surface area contributed by atoms with E-state index in [4.69, 9.17) is 0 Å². The molecule has 0 atom stereocenters. The lowest BCUT2D eigenvalue weighted by Crippen LogP contribution is -1.92. The van der Waals surface area contributed by atoms with E-state index in [1.165, 1.54) is 39.1 Å². The third kappa shape index (κ3) is 1.60. The zero-order valence-corrected chi connectivity index (χ0v) is 11.0. The lowest BCUT2D eigenvalue weighted by Gasteiger charge is -2.14. The van der Waals surface area contributed by atoms with E-state index in [9.17, 15) is 0 Å². The van der Waals surface area contributed by atoms with Crippen molar-refractivity contribution in [3.05, 3.63) is 59.7 Å². The van der Waals surface area contributed by atoms with Crippen LogP contribution in [0.4, 0.5) is 0 Å². The third-order valence-corrected chi connectivity index (χ3v) is 3.81. The Morgan fingerprint density at radius 3 is 1.61 bits per heavy atom. The highest BCUT2D eigenvalue weighted by atomic mass is 14.1. The summed E-state index contributed by atoms with van der Waals surface area (Å²) >= 11 is 0. The summed E-state index contributed by atoms with van der Waals surface area (Å²) in [5.74, 6) is 0. The van der Waals surface area contributed by atoms with E-state index < -0.39 is 0 Å². The average Bonchev–Trinajstić information content (AvgIpc) is 2.43. The molecule has 18 heavy (non-hydrogen) atoms. The van der Waals surface area contributed by atoms with Gasteiger partial charge in [-0.2, -0.15) is 0 Å². The van der Waals surface area contributed by atoms with Gasteiger partial charge in [0.1, 0.15) is 0 Å². The number of benzene rings is 3. The summed E-state index contributed by atoms with van der Waals surface area (Å²) in [7, 11) is 0. The Hall–Kier alpha value is -1.82. The van der Waals surface area contributed by atoms with E-state index in [-0.39, 0.29) is 0 Å². The number of fused-ring (bicyclic) bond motifs is 2. The lowest BCUT2D eigenvalue weighted by atomic mass is 9.90. The lowest BCUT2D eigenvalue weighted by molar-refractivity contribution is 0.936. The Kier molecular flexibility index (Phi) is 2.79. The molecule has 0 saturated carbocycles. The summed E-state index contributed by atoms with van der Waals surface area (Å²) in [4.78, 5) is 0. The van der Waals surface area contributed by atoms with Crippen LogP contribution in [0.3, 0.4) is 0 Å². The average molecular weight is 234 g/mol. The molecule has 0 heterocycles. The molecule has 0 radical (unpaired) electrons. The zero-order valence-electron chi connectivity index (χ0n) is 11.0. The molecule has 0 unspecified atom stereocenters. The van der Waals surface area contributed by atoms with Crippen molar-refractivity contribution >= 4 is 21.5 Å². The van der Waals surface area contributed by atoms with Gasteiger partial charge in [0.15, 0.2) is 0 Å². The fourth-order valence-electron chi connectivity index (χ4n) is 2.96. The molecule has 0 fully saturated rings. The largest absolute Gasteiger partial charge is 0.0651 e. The maximum Gasteiger partial charge on any atom is -0.0143 e. The molecule has 0 aliphatic carbocycles. The summed E-state index contributed by atoms with van der Waals surface area (Å²) in [6, 6.07) is 17.6. The van der Waals surface area contributed by atoms with Crippen LogP contribution in [0.2, 0.25) is 0 Å². The Morgan fingerprint density at radius 2 is 1.17 bits per heavy atom. The predicted molar refractivity (Wildman–Crippen MR) is 80.2 cm³/mol. The second-order valence-corrected chi connectivity index (χ2v) is 4.94. The normalized spacial score (nSPS) is 11.2. The molecular weight excluding hydrogens is 216 g/mol. The van der Waals surface area contributed by atoms with Crippen molar-refractivity contribution in [3.63, 3.8) is 0 Å². The summed E-state index contributed by atoms with van der Waals surface area (Å²) in [5, 5.41) is 5.66. The molecule has 0 aliphatic heterocycles. The highest BCUT2D eigenvalue weighted by Gasteiger charge is 2.09. The first-order valence-electron chi connectivity index (χ1n) is 6.72. The molecule has 3 rings (SSSR count). The number of aryl methyl sites for hydroxylation is 2.